The molecule has 8 heteroatoms. The van der Waals surface area contributed by atoms with E-state index >= 15 is 0 Å². The first-order chi connectivity index (χ1) is 14.6. The first kappa shape index (κ1) is 22.1. The Morgan fingerprint density at radius 3 is 2.45 bits per heavy atom. The fourth-order valence-corrected chi connectivity index (χ4v) is 3.63. The third-order valence-electron chi connectivity index (χ3n) is 5.61. The lowest BCUT2D eigenvalue weighted by molar-refractivity contribution is -0.132. The van der Waals surface area contributed by atoms with Crippen LogP contribution in [-0.4, -0.2) is 30.0 Å². The van der Waals surface area contributed by atoms with Crippen LogP contribution < -0.4 is 26.3 Å². The van der Waals surface area contributed by atoms with Crippen LogP contribution in [0.5, 0.6) is 11.5 Å². The van der Waals surface area contributed by atoms with Crippen molar-refractivity contribution >= 4 is 23.5 Å². The van der Waals surface area contributed by atoms with Crippen molar-refractivity contribution in [2.24, 2.45) is 16.5 Å². The van der Waals surface area contributed by atoms with Crippen LogP contribution in [0.2, 0.25) is 0 Å². The number of anilines is 1. The minimum absolute atomic E-state index is 0.173. The Balaban J connectivity index is 1.87. The predicted molar refractivity (Wildman–Crippen MR) is 119 cm³/mol. The van der Waals surface area contributed by atoms with Crippen molar-refractivity contribution in [1.82, 2.24) is 0 Å². The predicted octanol–water partition coefficient (Wildman–Crippen LogP) is 2.51. The van der Waals surface area contributed by atoms with E-state index in [4.69, 9.17) is 20.9 Å². The summed E-state index contributed by atoms with van der Waals surface area (Å²) in [5.74, 6) is 0.215. The summed E-state index contributed by atoms with van der Waals surface area (Å²) >= 11 is 0. The molecule has 8 nitrogen and oxygen atoms in total. The van der Waals surface area contributed by atoms with E-state index in [9.17, 15) is 9.59 Å². The minimum Gasteiger partial charge on any atom is -0.477 e. The normalized spacial score (nSPS) is 17.2. The van der Waals surface area contributed by atoms with Gasteiger partial charge in [-0.25, -0.2) is 9.79 Å². The van der Waals surface area contributed by atoms with Gasteiger partial charge in [0.15, 0.2) is 11.6 Å². The summed E-state index contributed by atoms with van der Waals surface area (Å²) in [5.41, 5.74) is 13.6. The summed E-state index contributed by atoms with van der Waals surface area (Å²) in [6.07, 6.45) is 1.10. The molecule has 0 saturated carbocycles. The first-order valence-corrected chi connectivity index (χ1v) is 10.1. The van der Waals surface area contributed by atoms with E-state index in [-0.39, 0.29) is 18.4 Å². The molecule has 2 aromatic rings. The third kappa shape index (κ3) is 4.63. The van der Waals surface area contributed by atoms with E-state index in [1.165, 1.54) is 0 Å². The number of para-hydroxylation sites is 1. The highest BCUT2D eigenvalue weighted by Gasteiger charge is 2.41. The number of guanidine groups is 1. The Kier molecular flexibility index (Phi) is 6.19. The number of nitrogens with one attached hydrogen (secondary N) is 1. The van der Waals surface area contributed by atoms with Crippen LogP contribution >= 0.6 is 0 Å². The van der Waals surface area contributed by atoms with E-state index in [0.29, 0.717) is 24.3 Å². The Morgan fingerprint density at radius 2 is 1.81 bits per heavy atom. The van der Waals surface area contributed by atoms with Crippen molar-refractivity contribution in [2.45, 2.75) is 46.1 Å². The van der Waals surface area contributed by atoms with Crippen molar-refractivity contribution in [3.63, 3.8) is 0 Å². The molecule has 31 heavy (non-hydrogen) atoms. The molecule has 5 N–H and O–H groups in total. The van der Waals surface area contributed by atoms with Gasteiger partial charge in [-0.2, -0.15) is 0 Å². The number of rotatable bonds is 5. The van der Waals surface area contributed by atoms with E-state index in [1.807, 2.05) is 51.1 Å². The summed E-state index contributed by atoms with van der Waals surface area (Å²) in [7, 11) is 0. The number of aliphatic imine (C=N–C) groups is 1. The first-order valence-electron chi connectivity index (χ1n) is 10.1. The number of esters is 1. The fourth-order valence-electron chi connectivity index (χ4n) is 3.63. The summed E-state index contributed by atoms with van der Waals surface area (Å²) in [6.45, 7) is 7.16. The number of carbonyl (C=O) groups excluding carboxylic acids is 2. The van der Waals surface area contributed by atoms with E-state index < -0.39 is 11.6 Å². The number of nitrogens with two attached hydrogens (primary N) is 2. The average molecular weight is 425 g/mol. The quantitative estimate of drug-likeness (QED) is 0.293. The van der Waals surface area contributed by atoms with Crippen LogP contribution in [0.4, 0.5) is 5.69 Å². The van der Waals surface area contributed by atoms with Gasteiger partial charge in [-0.15, -0.1) is 0 Å². The summed E-state index contributed by atoms with van der Waals surface area (Å²) in [6, 6.07) is 9.28. The van der Waals surface area contributed by atoms with Crippen molar-refractivity contribution < 1.29 is 19.1 Å². The number of amides is 1. The zero-order valence-corrected chi connectivity index (χ0v) is 18.2. The molecule has 0 fully saturated rings. The van der Waals surface area contributed by atoms with Gasteiger partial charge in [-0.3, -0.25) is 4.79 Å². The average Bonchev–Trinajstić information content (AvgIpc) is 2.74. The van der Waals surface area contributed by atoms with Gasteiger partial charge >= 0.3 is 5.97 Å². The Labute approximate surface area is 181 Å². The van der Waals surface area contributed by atoms with E-state index in [2.05, 4.69) is 10.3 Å². The molecule has 0 aliphatic carbocycles. The molecule has 1 unspecified atom stereocenters. The third-order valence-corrected chi connectivity index (χ3v) is 5.61. The van der Waals surface area contributed by atoms with Gasteiger partial charge in [0.1, 0.15) is 18.0 Å². The summed E-state index contributed by atoms with van der Waals surface area (Å²) in [5, 5.41) is 2.93. The fraction of sp³-hybridized carbons (Fsp3) is 0.348. The van der Waals surface area contributed by atoms with Crippen LogP contribution in [0.15, 0.2) is 35.3 Å². The lowest BCUT2D eigenvalue weighted by Gasteiger charge is -2.36. The topological polar surface area (TPSA) is 129 Å². The molecule has 1 heterocycles. The van der Waals surface area contributed by atoms with Gasteiger partial charge in [-0.1, -0.05) is 18.2 Å². The van der Waals surface area contributed by atoms with Gasteiger partial charge in [0.25, 0.3) is 5.91 Å². The molecule has 0 spiro atoms. The van der Waals surface area contributed by atoms with E-state index in [1.54, 1.807) is 6.92 Å². The van der Waals surface area contributed by atoms with Crippen molar-refractivity contribution in [3.05, 3.63) is 52.6 Å². The van der Waals surface area contributed by atoms with Gasteiger partial charge in [0, 0.05) is 17.7 Å². The second kappa shape index (κ2) is 8.67. The smallest absolute Gasteiger partial charge is 0.333 e. The number of benzene rings is 2. The molecular formula is C23H28N4O4. The number of ether oxygens (including phenoxy) is 2. The maximum Gasteiger partial charge on any atom is 0.333 e. The zero-order chi connectivity index (χ0) is 22.8. The zero-order valence-electron chi connectivity index (χ0n) is 18.2. The highest BCUT2D eigenvalue weighted by molar-refractivity contribution is 5.97. The molecule has 1 amide bonds. The van der Waals surface area contributed by atoms with Crippen LogP contribution in [0, 0.1) is 20.8 Å². The number of nitrogens with zero attached hydrogens (tertiary/aromatic N) is 1. The van der Waals surface area contributed by atoms with Crippen molar-refractivity contribution in [2.75, 3.05) is 11.9 Å². The van der Waals surface area contributed by atoms with Crippen LogP contribution in [0.3, 0.4) is 0 Å². The lowest BCUT2D eigenvalue weighted by atomic mass is 9.86. The molecule has 0 bridgehead atoms. The maximum atomic E-state index is 13.0. The largest absolute Gasteiger partial charge is 0.477 e. The SMILES string of the molecule is Cc1c(C)c2c(c(C)c1OC(=O)CN=C(N)N)CCC(C)(C(=O)Nc1ccccc1)O2. The van der Waals surface area contributed by atoms with Gasteiger partial charge in [0.05, 0.1) is 0 Å². The molecule has 0 radical (unpaired) electrons. The van der Waals surface area contributed by atoms with E-state index in [0.717, 1.165) is 27.9 Å². The molecular weight excluding hydrogens is 396 g/mol. The second-order valence-corrected chi connectivity index (χ2v) is 7.88. The Hall–Kier alpha value is -3.55. The van der Waals surface area contributed by atoms with Crippen molar-refractivity contribution in [1.29, 1.82) is 0 Å². The lowest BCUT2D eigenvalue weighted by Crippen LogP contribution is -2.48. The number of hydrogen-bond acceptors (Lipinski definition) is 5. The highest BCUT2D eigenvalue weighted by Crippen LogP contribution is 2.44. The molecule has 1 atom stereocenters. The second-order valence-electron chi connectivity index (χ2n) is 7.88. The molecule has 1 aliphatic rings. The highest BCUT2D eigenvalue weighted by atomic mass is 16.5. The number of carbonyl (C=O) groups is 2. The Morgan fingerprint density at radius 1 is 1.13 bits per heavy atom. The molecule has 0 saturated heterocycles. The molecule has 1 aliphatic heterocycles. The molecule has 2 aromatic carbocycles. The van der Waals surface area contributed by atoms with Gasteiger partial charge < -0.3 is 26.3 Å². The summed E-state index contributed by atoms with van der Waals surface area (Å²) in [4.78, 5) is 28.8. The number of fused-ring (bicyclic) bond motifs is 1. The van der Waals surface area contributed by atoms with Crippen LogP contribution in [-0.2, 0) is 16.0 Å². The molecule has 164 valence electrons. The monoisotopic (exact) mass is 424 g/mol. The molecule has 3 rings (SSSR count). The molecule has 0 aromatic heterocycles. The van der Waals surface area contributed by atoms with Gasteiger partial charge in [0.2, 0.25) is 0 Å². The van der Waals surface area contributed by atoms with Crippen LogP contribution in [0.25, 0.3) is 0 Å². The van der Waals surface area contributed by atoms with Gasteiger partial charge in [-0.05, 0) is 62.9 Å². The summed E-state index contributed by atoms with van der Waals surface area (Å²) < 4.78 is 11.8. The number of hydrogen-bond donors (Lipinski definition) is 3. The van der Waals surface area contributed by atoms with Crippen molar-refractivity contribution in [3.8, 4) is 11.5 Å². The van der Waals surface area contributed by atoms with Crippen LogP contribution in [0.1, 0.15) is 35.6 Å². The minimum atomic E-state index is -1.02. The standard InChI is InChI=1S/C23H28N4O4/c1-13-14(2)20-17(15(3)19(13)30-18(28)12-26-22(24)25)10-11-23(4,31-20)21(29)27-16-8-6-5-7-9-16/h5-9H,10-12H2,1-4H3,(H,27,29)(H4,24,25,26). The maximum absolute atomic E-state index is 13.0. The Bertz CT molecular complexity index is 1050.